The molecule has 0 bridgehead atoms. The molecule has 0 atom stereocenters. The molecule has 28 heavy (non-hydrogen) atoms. The number of carbonyl (C=O) groups is 2. The van der Waals surface area contributed by atoms with Crippen LogP contribution in [0.5, 0.6) is 5.75 Å². The van der Waals surface area contributed by atoms with Crippen LogP contribution in [0.2, 0.25) is 0 Å². The zero-order valence-electron chi connectivity index (χ0n) is 16.3. The molecule has 1 aliphatic rings. The Morgan fingerprint density at radius 3 is 2.57 bits per heavy atom. The SMILES string of the molecule is CCCOc1cccc(C(=O)N2CCC(Cc3ccccc3C(=O)O)CC2)c1. The number of carboxylic acid groups (broad SMARTS) is 1. The third-order valence-electron chi connectivity index (χ3n) is 5.21. The Hall–Kier alpha value is -2.82. The third-order valence-corrected chi connectivity index (χ3v) is 5.21. The van der Waals surface area contributed by atoms with E-state index in [0.29, 0.717) is 36.7 Å². The fraction of sp³-hybridized carbons (Fsp3) is 0.391. The van der Waals surface area contributed by atoms with Crippen LogP contribution in [-0.4, -0.2) is 41.6 Å². The number of ether oxygens (including phenoxy) is 1. The molecule has 0 saturated carbocycles. The van der Waals surface area contributed by atoms with E-state index < -0.39 is 5.97 Å². The number of piperidine rings is 1. The highest BCUT2D eigenvalue weighted by Crippen LogP contribution is 2.25. The van der Waals surface area contributed by atoms with Crippen molar-refractivity contribution in [2.24, 2.45) is 5.92 Å². The molecule has 3 rings (SSSR count). The second-order valence-corrected chi connectivity index (χ2v) is 7.28. The average molecular weight is 381 g/mol. The average Bonchev–Trinajstić information content (AvgIpc) is 2.73. The number of nitrogens with zero attached hydrogens (tertiary/aromatic N) is 1. The van der Waals surface area contributed by atoms with Crippen molar-refractivity contribution in [2.75, 3.05) is 19.7 Å². The first-order chi connectivity index (χ1) is 13.6. The quantitative estimate of drug-likeness (QED) is 0.778. The highest BCUT2D eigenvalue weighted by molar-refractivity contribution is 5.94. The van der Waals surface area contributed by atoms with Crippen LogP contribution in [0.4, 0.5) is 0 Å². The molecule has 0 radical (unpaired) electrons. The maximum atomic E-state index is 12.8. The van der Waals surface area contributed by atoms with Gasteiger partial charge in [0.05, 0.1) is 12.2 Å². The Balaban J connectivity index is 1.58. The van der Waals surface area contributed by atoms with Crippen LogP contribution in [-0.2, 0) is 6.42 Å². The zero-order valence-corrected chi connectivity index (χ0v) is 16.3. The van der Waals surface area contributed by atoms with Gasteiger partial charge in [0.25, 0.3) is 5.91 Å². The summed E-state index contributed by atoms with van der Waals surface area (Å²) < 4.78 is 5.63. The molecule has 1 heterocycles. The van der Waals surface area contributed by atoms with Crippen molar-refractivity contribution in [3.63, 3.8) is 0 Å². The molecule has 1 amide bonds. The molecule has 0 spiro atoms. The third kappa shape index (κ3) is 4.91. The van der Waals surface area contributed by atoms with E-state index >= 15 is 0 Å². The highest BCUT2D eigenvalue weighted by Gasteiger charge is 2.25. The zero-order chi connectivity index (χ0) is 19.9. The summed E-state index contributed by atoms with van der Waals surface area (Å²) in [6.45, 7) is 4.08. The lowest BCUT2D eigenvalue weighted by atomic mass is 9.88. The molecule has 0 aromatic heterocycles. The molecule has 148 valence electrons. The van der Waals surface area contributed by atoms with Gasteiger partial charge >= 0.3 is 5.97 Å². The molecule has 1 fully saturated rings. The van der Waals surface area contributed by atoms with Crippen LogP contribution in [0.25, 0.3) is 0 Å². The summed E-state index contributed by atoms with van der Waals surface area (Å²) in [4.78, 5) is 26.1. The van der Waals surface area contributed by atoms with Crippen LogP contribution in [0.1, 0.15) is 52.5 Å². The van der Waals surface area contributed by atoms with Crippen molar-refractivity contribution >= 4 is 11.9 Å². The standard InChI is InChI=1S/C23H27NO4/c1-2-14-28-20-8-5-7-19(16-20)22(25)24-12-10-17(11-13-24)15-18-6-3-4-9-21(18)23(26)27/h3-9,16-17H,2,10-15H2,1H3,(H,26,27). The summed E-state index contributed by atoms with van der Waals surface area (Å²) in [6, 6.07) is 14.6. The van der Waals surface area contributed by atoms with E-state index in [9.17, 15) is 14.7 Å². The Kier molecular flexibility index (Phi) is 6.69. The Morgan fingerprint density at radius 1 is 1.11 bits per heavy atom. The minimum absolute atomic E-state index is 0.0336. The summed E-state index contributed by atoms with van der Waals surface area (Å²) in [5.41, 5.74) is 1.91. The van der Waals surface area contributed by atoms with Gasteiger partial charge in [-0.25, -0.2) is 4.79 Å². The van der Waals surface area contributed by atoms with Crippen molar-refractivity contribution < 1.29 is 19.4 Å². The van der Waals surface area contributed by atoms with Crippen LogP contribution in [0.3, 0.4) is 0 Å². The second kappa shape index (κ2) is 9.40. The van der Waals surface area contributed by atoms with Gasteiger partial charge in [-0.1, -0.05) is 31.2 Å². The molecule has 1 aliphatic heterocycles. The number of carboxylic acids is 1. The van der Waals surface area contributed by atoms with Gasteiger partial charge in [0.2, 0.25) is 0 Å². The van der Waals surface area contributed by atoms with Crippen LogP contribution >= 0.6 is 0 Å². The number of hydrogen-bond donors (Lipinski definition) is 1. The van der Waals surface area contributed by atoms with Crippen molar-refractivity contribution in [3.05, 3.63) is 65.2 Å². The summed E-state index contributed by atoms with van der Waals surface area (Å²) >= 11 is 0. The summed E-state index contributed by atoms with van der Waals surface area (Å²) in [6.07, 6.45) is 3.43. The lowest BCUT2D eigenvalue weighted by Crippen LogP contribution is -2.39. The minimum atomic E-state index is -0.881. The summed E-state index contributed by atoms with van der Waals surface area (Å²) in [7, 11) is 0. The van der Waals surface area contributed by atoms with E-state index in [1.54, 1.807) is 12.1 Å². The lowest BCUT2D eigenvalue weighted by Gasteiger charge is -2.32. The van der Waals surface area contributed by atoms with E-state index in [-0.39, 0.29) is 5.91 Å². The number of aromatic carboxylic acids is 1. The van der Waals surface area contributed by atoms with Gasteiger partial charge in [-0.2, -0.15) is 0 Å². The number of rotatable bonds is 7. The topological polar surface area (TPSA) is 66.8 Å². The molecule has 5 nitrogen and oxygen atoms in total. The first kappa shape index (κ1) is 19.9. The van der Waals surface area contributed by atoms with Gasteiger partial charge in [0.1, 0.15) is 5.75 Å². The summed E-state index contributed by atoms with van der Waals surface area (Å²) in [5.74, 6) is 0.274. The predicted octanol–water partition coefficient (Wildman–Crippen LogP) is 4.27. The molecular weight excluding hydrogens is 354 g/mol. The minimum Gasteiger partial charge on any atom is -0.494 e. The fourth-order valence-corrected chi connectivity index (χ4v) is 3.68. The van der Waals surface area contributed by atoms with E-state index in [1.807, 2.05) is 48.2 Å². The van der Waals surface area contributed by atoms with Gasteiger partial charge in [0.15, 0.2) is 0 Å². The second-order valence-electron chi connectivity index (χ2n) is 7.28. The van der Waals surface area contributed by atoms with E-state index in [1.165, 1.54) is 0 Å². The first-order valence-electron chi connectivity index (χ1n) is 9.91. The molecule has 2 aromatic carbocycles. The van der Waals surface area contributed by atoms with Crippen molar-refractivity contribution in [3.8, 4) is 5.75 Å². The van der Waals surface area contributed by atoms with Gasteiger partial charge in [-0.15, -0.1) is 0 Å². The molecule has 0 aliphatic carbocycles. The van der Waals surface area contributed by atoms with Gasteiger partial charge < -0.3 is 14.7 Å². The number of likely N-dealkylation sites (tertiary alicyclic amines) is 1. The Bertz CT molecular complexity index is 825. The van der Waals surface area contributed by atoms with Crippen LogP contribution < -0.4 is 4.74 Å². The van der Waals surface area contributed by atoms with Gasteiger partial charge in [-0.3, -0.25) is 4.79 Å². The number of benzene rings is 2. The molecule has 2 aromatic rings. The maximum absolute atomic E-state index is 12.8. The van der Waals surface area contributed by atoms with E-state index in [0.717, 1.165) is 37.0 Å². The molecule has 1 N–H and O–H groups in total. The molecule has 0 unspecified atom stereocenters. The molecular formula is C23H27NO4. The monoisotopic (exact) mass is 381 g/mol. The van der Waals surface area contributed by atoms with Crippen LogP contribution in [0, 0.1) is 5.92 Å². The van der Waals surface area contributed by atoms with Crippen molar-refractivity contribution in [2.45, 2.75) is 32.6 Å². The molecule has 5 heteroatoms. The lowest BCUT2D eigenvalue weighted by molar-refractivity contribution is 0.0690. The normalized spacial score (nSPS) is 14.7. The first-order valence-corrected chi connectivity index (χ1v) is 9.91. The summed E-state index contributed by atoms with van der Waals surface area (Å²) in [5, 5.41) is 9.35. The van der Waals surface area contributed by atoms with Crippen LogP contribution in [0.15, 0.2) is 48.5 Å². The number of amides is 1. The smallest absolute Gasteiger partial charge is 0.335 e. The van der Waals surface area contributed by atoms with Crippen molar-refractivity contribution in [1.82, 2.24) is 4.90 Å². The fourth-order valence-electron chi connectivity index (χ4n) is 3.68. The predicted molar refractivity (Wildman–Crippen MR) is 108 cm³/mol. The van der Waals surface area contributed by atoms with E-state index in [4.69, 9.17) is 4.74 Å². The largest absolute Gasteiger partial charge is 0.494 e. The van der Waals surface area contributed by atoms with Crippen molar-refractivity contribution in [1.29, 1.82) is 0 Å². The highest BCUT2D eigenvalue weighted by atomic mass is 16.5. The van der Waals surface area contributed by atoms with Gasteiger partial charge in [-0.05, 0) is 61.4 Å². The molecule has 1 saturated heterocycles. The Morgan fingerprint density at radius 2 is 1.86 bits per heavy atom. The number of hydrogen-bond acceptors (Lipinski definition) is 3. The maximum Gasteiger partial charge on any atom is 0.335 e. The van der Waals surface area contributed by atoms with E-state index in [2.05, 4.69) is 0 Å². The Labute approximate surface area is 165 Å². The van der Waals surface area contributed by atoms with Gasteiger partial charge in [0, 0.05) is 18.7 Å². The number of carbonyl (C=O) groups excluding carboxylic acids is 1.